The van der Waals surface area contributed by atoms with Gasteiger partial charge < -0.3 is 10.5 Å². The van der Waals surface area contributed by atoms with E-state index in [0.29, 0.717) is 5.41 Å². The fourth-order valence-electron chi connectivity index (χ4n) is 3.60. The van der Waals surface area contributed by atoms with Crippen molar-refractivity contribution < 1.29 is 4.74 Å². The Kier molecular flexibility index (Phi) is 3.30. The molecule has 0 atom stereocenters. The van der Waals surface area contributed by atoms with E-state index in [-0.39, 0.29) is 5.54 Å². The van der Waals surface area contributed by atoms with Gasteiger partial charge in [0.1, 0.15) is 5.75 Å². The van der Waals surface area contributed by atoms with E-state index < -0.39 is 0 Å². The SMILES string of the molecule is CCc1cccc(OCC23CCC(N)(CC2)CC3)c1. The Balaban J connectivity index is 1.63. The van der Waals surface area contributed by atoms with E-state index in [4.69, 9.17) is 10.5 Å². The molecule has 2 bridgehead atoms. The molecule has 2 nitrogen and oxygen atoms in total. The molecule has 3 fully saturated rings. The van der Waals surface area contributed by atoms with Crippen molar-refractivity contribution >= 4 is 0 Å². The van der Waals surface area contributed by atoms with Crippen LogP contribution in [0.2, 0.25) is 0 Å². The maximum atomic E-state index is 6.36. The molecule has 1 aromatic rings. The fraction of sp³-hybridized carbons (Fsp3) is 0.647. The van der Waals surface area contributed by atoms with Crippen LogP contribution in [0.25, 0.3) is 0 Å². The maximum absolute atomic E-state index is 6.36. The maximum Gasteiger partial charge on any atom is 0.119 e. The topological polar surface area (TPSA) is 35.2 Å². The third kappa shape index (κ3) is 2.64. The summed E-state index contributed by atoms with van der Waals surface area (Å²) in [6, 6.07) is 8.51. The molecule has 3 saturated carbocycles. The van der Waals surface area contributed by atoms with Crippen molar-refractivity contribution in [2.75, 3.05) is 6.61 Å². The second-order valence-corrected chi connectivity index (χ2v) is 6.65. The minimum absolute atomic E-state index is 0.157. The van der Waals surface area contributed by atoms with Crippen LogP contribution in [0.5, 0.6) is 5.75 Å². The van der Waals surface area contributed by atoms with Crippen LogP contribution in [0.1, 0.15) is 51.0 Å². The molecule has 0 unspecified atom stereocenters. The highest BCUT2D eigenvalue weighted by atomic mass is 16.5. The molecule has 0 aliphatic heterocycles. The van der Waals surface area contributed by atoms with Gasteiger partial charge in [-0.3, -0.25) is 0 Å². The van der Waals surface area contributed by atoms with Gasteiger partial charge in [-0.05, 0) is 62.6 Å². The van der Waals surface area contributed by atoms with Crippen molar-refractivity contribution in [2.45, 2.75) is 57.4 Å². The summed E-state index contributed by atoms with van der Waals surface area (Å²) < 4.78 is 6.10. The number of benzene rings is 1. The summed E-state index contributed by atoms with van der Waals surface area (Å²) in [5.74, 6) is 1.03. The number of fused-ring (bicyclic) bond motifs is 3. The summed E-state index contributed by atoms with van der Waals surface area (Å²) in [5, 5.41) is 0. The van der Waals surface area contributed by atoms with Crippen LogP contribution >= 0.6 is 0 Å². The highest BCUT2D eigenvalue weighted by Gasteiger charge is 2.46. The van der Waals surface area contributed by atoms with Gasteiger partial charge >= 0.3 is 0 Å². The lowest BCUT2D eigenvalue weighted by atomic mass is 9.58. The lowest BCUT2D eigenvalue weighted by Gasteiger charge is -2.51. The average molecular weight is 259 g/mol. The molecule has 0 heterocycles. The summed E-state index contributed by atoms with van der Waals surface area (Å²) in [7, 11) is 0. The molecule has 2 N–H and O–H groups in total. The van der Waals surface area contributed by atoms with Crippen molar-refractivity contribution in [3.63, 3.8) is 0 Å². The van der Waals surface area contributed by atoms with Gasteiger partial charge in [0.15, 0.2) is 0 Å². The van der Waals surface area contributed by atoms with E-state index in [2.05, 4.69) is 31.2 Å². The summed E-state index contributed by atoms with van der Waals surface area (Å²) in [6.07, 6.45) is 8.37. The lowest BCUT2D eigenvalue weighted by Crippen LogP contribution is -2.53. The zero-order chi connectivity index (χ0) is 13.3. The van der Waals surface area contributed by atoms with Crippen LogP contribution in [-0.4, -0.2) is 12.1 Å². The Morgan fingerprint density at radius 3 is 2.42 bits per heavy atom. The Bertz CT molecular complexity index is 430. The van der Waals surface area contributed by atoms with Gasteiger partial charge in [0.25, 0.3) is 0 Å². The molecule has 4 rings (SSSR count). The van der Waals surface area contributed by atoms with Gasteiger partial charge in [-0.1, -0.05) is 19.1 Å². The highest BCUT2D eigenvalue weighted by Crippen LogP contribution is 2.51. The number of rotatable bonds is 4. The quantitative estimate of drug-likeness (QED) is 0.895. The van der Waals surface area contributed by atoms with Gasteiger partial charge in [-0.15, -0.1) is 0 Å². The zero-order valence-electron chi connectivity index (χ0n) is 12.0. The van der Waals surface area contributed by atoms with Crippen LogP contribution in [-0.2, 0) is 6.42 Å². The third-order valence-electron chi connectivity index (χ3n) is 5.31. The van der Waals surface area contributed by atoms with Crippen molar-refractivity contribution in [3.8, 4) is 5.75 Å². The van der Waals surface area contributed by atoms with Gasteiger partial charge in [0.2, 0.25) is 0 Å². The first kappa shape index (κ1) is 13.0. The summed E-state index contributed by atoms with van der Waals surface area (Å²) in [4.78, 5) is 0. The number of ether oxygens (including phenoxy) is 1. The zero-order valence-corrected chi connectivity index (χ0v) is 12.0. The molecule has 0 spiro atoms. The number of aryl methyl sites for hydroxylation is 1. The Labute approximate surface area is 116 Å². The molecule has 104 valence electrons. The van der Waals surface area contributed by atoms with Gasteiger partial charge in [0, 0.05) is 11.0 Å². The van der Waals surface area contributed by atoms with E-state index in [1.807, 2.05) is 0 Å². The van der Waals surface area contributed by atoms with E-state index in [9.17, 15) is 0 Å². The molecule has 0 radical (unpaired) electrons. The number of hydrogen-bond acceptors (Lipinski definition) is 2. The predicted molar refractivity (Wildman–Crippen MR) is 78.4 cm³/mol. The molecule has 3 aliphatic rings. The second kappa shape index (κ2) is 4.82. The smallest absolute Gasteiger partial charge is 0.119 e. The van der Waals surface area contributed by atoms with Gasteiger partial charge in [-0.2, -0.15) is 0 Å². The van der Waals surface area contributed by atoms with Gasteiger partial charge in [-0.25, -0.2) is 0 Å². The molecular formula is C17H25NO. The van der Waals surface area contributed by atoms with E-state index in [1.54, 1.807) is 0 Å². The Morgan fingerprint density at radius 2 is 1.79 bits per heavy atom. The van der Waals surface area contributed by atoms with Crippen molar-refractivity contribution in [1.29, 1.82) is 0 Å². The van der Waals surface area contributed by atoms with E-state index >= 15 is 0 Å². The van der Waals surface area contributed by atoms with E-state index in [0.717, 1.165) is 18.8 Å². The number of hydrogen-bond donors (Lipinski definition) is 1. The predicted octanol–water partition coefficient (Wildman–Crippen LogP) is 3.68. The average Bonchev–Trinajstić information content (AvgIpc) is 2.47. The highest BCUT2D eigenvalue weighted by molar-refractivity contribution is 5.28. The summed E-state index contributed by atoms with van der Waals surface area (Å²) in [5.41, 5.74) is 8.27. The van der Waals surface area contributed by atoms with Crippen molar-refractivity contribution in [2.24, 2.45) is 11.1 Å². The second-order valence-electron chi connectivity index (χ2n) is 6.65. The Morgan fingerprint density at radius 1 is 1.11 bits per heavy atom. The summed E-state index contributed by atoms with van der Waals surface area (Å²) in [6.45, 7) is 3.05. The number of nitrogens with two attached hydrogens (primary N) is 1. The van der Waals surface area contributed by atoms with Gasteiger partial charge in [0.05, 0.1) is 6.61 Å². The van der Waals surface area contributed by atoms with Crippen molar-refractivity contribution in [1.82, 2.24) is 0 Å². The first-order chi connectivity index (χ1) is 9.13. The molecule has 19 heavy (non-hydrogen) atoms. The molecule has 0 saturated heterocycles. The monoisotopic (exact) mass is 259 g/mol. The molecular weight excluding hydrogens is 234 g/mol. The standard InChI is InChI=1S/C17H25NO/c1-2-14-4-3-5-15(12-14)19-13-16-6-9-17(18,10-7-16)11-8-16/h3-5,12H,2,6-11,13,18H2,1H3. The largest absolute Gasteiger partial charge is 0.493 e. The fourth-order valence-corrected chi connectivity index (χ4v) is 3.60. The van der Waals surface area contributed by atoms with Crippen molar-refractivity contribution in [3.05, 3.63) is 29.8 Å². The first-order valence-electron chi connectivity index (χ1n) is 7.64. The minimum atomic E-state index is 0.157. The van der Waals surface area contributed by atoms with Crippen LogP contribution in [0.3, 0.4) is 0 Å². The third-order valence-corrected chi connectivity index (χ3v) is 5.31. The minimum Gasteiger partial charge on any atom is -0.493 e. The first-order valence-corrected chi connectivity index (χ1v) is 7.64. The Hall–Kier alpha value is -1.02. The van der Waals surface area contributed by atoms with Crippen LogP contribution in [0.4, 0.5) is 0 Å². The molecule has 1 aromatic carbocycles. The van der Waals surface area contributed by atoms with Crippen LogP contribution < -0.4 is 10.5 Å². The van der Waals surface area contributed by atoms with E-state index in [1.165, 1.54) is 44.1 Å². The summed E-state index contributed by atoms with van der Waals surface area (Å²) >= 11 is 0. The molecule has 0 aromatic heterocycles. The molecule has 0 amide bonds. The normalized spacial score (nSPS) is 33.4. The lowest BCUT2D eigenvalue weighted by molar-refractivity contribution is 0.00531. The van der Waals surface area contributed by atoms with Crippen LogP contribution in [0.15, 0.2) is 24.3 Å². The van der Waals surface area contributed by atoms with Crippen LogP contribution in [0, 0.1) is 5.41 Å². The molecule has 2 heteroatoms. The molecule has 3 aliphatic carbocycles.